The van der Waals surface area contributed by atoms with Crippen molar-refractivity contribution < 1.29 is 13.2 Å². The summed E-state index contributed by atoms with van der Waals surface area (Å²) >= 11 is 1.05. The lowest BCUT2D eigenvalue weighted by atomic mass is 10.1. The highest BCUT2D eigenvalue weighted by molar-refractivity contribution is 8.15. The van der Waals surface area contributed by atoms with Gasteiger partial charge in [-0.25, -0.2) is 13.4 Å². The Hall–Kier alpha value is -1.89. The third kappa shape index (κ3) is 4.21. The van der Waals surface area contributed by atoms with E-state index in [2.05, 4.69) is 11.1 Å². The van der Waals surface area contributed by atoms with Gasteiger partial charge in [0.05, 0.1) is 11.3 Å². The SMILES string of the molecule is Cc1cccc(COc2ccccc2-c2nc(C)c(S(=O)(=O)Cl)s2)c1. The Bertz CT molecular complexity index is 1010. The number of halogens is 1. The smallest absolute Gasteiger partial charge is 0.272 e. The third-order valence-electron chi connectivity index (χ3n) is 3.57. The summed E-state index contributed by atoms with van der Waals surface area (Å²) in [6, 6.07) is 15.5. The fourth-order valence-corrected chi connectivity index (χ4v) is 4.94. The Morgan fingerprint density at radius 3 is 2.56 bits per heavy atom. The van der Waals surface area contributed by atoms with E-state index in [9.17, 15) is 8.42 Å². The van der Waals surface area contributed by atoms with Crippen LogP contribution >= 0.6 is 22.0 Å². The molecule has 130 valence electrons. The first kappa shape index (κ1) is 17.9. The van der Waals surface area contributed by atoms with Crippen LogP contribution in [0.4, 0.5) is 0 Å². The van der Waals surface area contributed by atoms with Gasteiger partial charge in [-0.05, 0) is 31.5 Å². The summed E-state index contributed by atoms with van der Waals surface area (Å²) in [5.41, 5.74) is 3.37. The molecular formula is C18H16ClNO3S2. The standard InChI is InChI=1S/C18H16ClNO3S2/c1-12-6-5-7-14(10-12)11-23-16-9-4-3-8-15(16)17-20-13(2)18(24-17)25(19,21)22/h3-10H,11H2,1-2H3. The molecule has 0 saturated heterocycles. The van der Waals surface area contributed by atoms with Crippen molar-refractivity contribution in [2.75, 3.05) is 0 Å². The number of hydrogen-bond donors (Lipinski definition) is 0. The van der Waals surface area contributed by atoms with Gasteiger partial charge >= 0.3 is 0 Å². The molecule has 0 amide bonds. The van der Waals surface area contributed by atoms with Gasteiger partial charge < -0.3 is 4.74 Å². The molecule has 0 fully saturated rings. The van der Waals surface area contributed by atoms with E-state index in [0.29, 0.717) is 23.1 Å². The second-order valence-electron chi connectivity index (χ2n) is 5.60. The molecule has 0 aliphatic carbocycles. The predicted octanol–water partition coefficient (Wildman–Crippen LogP) is 4.93. The van der Waals surface area contributed by atoms with Crippen molar-refractivity contribution in [1.82, 2.24) is 4.98 Å². The lowest BCUT2D eigenvalue weighted by Gasteiger charge is -2.10. The summed E-state index contributed by atoms with van der Waals surface area (Å²) in [7, 11) is 1.67. The van der Waals surface area contributed by atoms with Gasteiger partial charge in [-0.1, -0.05) is 42.0 Å². The van der Waals surface area contributed by atoms with Crippen molar-refractivity contribution >= 4 is 31.1 Å². The lowest BCUT2D eigenvalue weighted by Crippen LogP contribution is -1.97. The molecule has 0 spiro atoms. The number of rotatable bonds is 5. The molecule has 25 heavy (non-hydrogen) atoms. The fraction of sp³-hybridized carbons (Fsp3) is 0.167. The molecule has 0 aliphatic rings. The van der Waals surface area contributed by atoms with E-state index < -0.39 is 9.05 Å². The summed E-state index contributed by atoms with van der Waals surface area (Å²) in [6.45, 7) is 4.08. The van der Waals surface area contributed by atoms with Crippen molar-refractivity contribution in [2.45, 2.75) is 24.7 Å². The highest BCUT2D eigenvalue weighted by Gasteiger charge is 2.21. The first-order valence-corrected chi connectivity index (χ1v) is 10.7. The van der Waals surface area contributed by atoms with E-state index in [1.54, 1.807) is 6.92 Å². The molecule has 1 heterocycles. The number of para-hydroxylation sites is 1. The zero-order valence-corrected chi connectivity index (χ0v) is 16.1. The summed E-state index contributed by atoms with van der Waals surface area (Å²) in [5, 5.41) is 0.566. The molecule has 0 saturated carbocycles. The largest absolute Gasteiger partial charge is 0.488 e. The van der Waals surface area contributed by atoms with Gasteiger partial charge in [0.2, 0.25) is 0 Å². The van der Waals surface area contributed by atoms with E-state index in [-0.39, 0.29) is 4.21 Å². The van der Waals surface area contributed by atoms with Gasteiger partial charge in [-0.3, -0.25) is 0 Å². The van der Waals surface area contributed by atoms with Crippen LogP contribution in [-0.2, 0) is 15.7 Å². The predicted molar refractivity (Wildman–Crippen MR) is 101 cm³/mol. The summed E-state index contributed by atoms with van der Waals surface area (Å²) in [4.78, 5) is 4.35. The average Bonchev–Trinajstić information content (AvgIpc) is 2.95. The second kappa shape index (κ2) is 7.15. The van der Waals surface area contributed by atoms with Gasteiger partial charge in [-0.15, -0.1) is 11.3 Å². The maximum Gasteiger partial charge on any atom is 0.272 e. The number of benzene rings is 2. The van der Waals surface area contributed by atoms with Crippen LogP contribution in [0.15, 0.2) is 52.7 Å². The molecule has 1 aromatic heterocycles. The monoisotopic (exact) mass is 393 g/mol. The van der Waals surface area contributed by atoms with Crippen molar-refractivity contribution in [3.63, 3.8) is 0 Å². The van der Waals surface area contributed by atoms with Gasteiger partial charge in [0.25, 0.3) is 9.05 Å². The van der Waals surface area contributed by atoms with Crippen LogP contribution in [0.2, 0.25) is 0 Å². The highest BCUT2D eigenvalue weighted by Crippen LogP contribution is 2.37. The minimum Gasteiger partial charge on any atom is -0.488 e. The van der Waals surface area contributed by atoms with E-state index in [1.165, 1.54) is 5.56 Å². The van der Waals surface area contributed by atoms with E-state index in [4.69, 9.17) is 15.4 Å². The van der Waals surface area contributed by atoms with Crippen LogP contribution in [0.3, 0.4) is 0 Å². The molecule has 0 aliphatic heterocycles. The highest BCUT2D eigenvalue weighted by atomic mass is 35.7. The molecule has 7 heteroatoms. The maximum atomic E-state index is 11.6. The van der Waals surface area contributed by atoms with Crippen LogP contribution in [-0.4, -0.2) is 13.4 Å². The number of thiazole rings is 1. The second-order valence-corrected chi connectivity index (χ2v) is 9.36. The average molecular weight is 394 g/mol. The topological polar surface area (TPSA) is 56.3 Å². The molecule has 0 radical (unpaired) electrons. The summed E-state index contributed by atoms with van der Waals surface area (Å²) in [6.07, 6.45) is 0. The van der Waals surface area contributed by atoms with Crippen molar-refractivity contribution in [2.24, 2.45) is 0 Å². The van der Waals surface area contributed by atoms with Gasteiger partial charge in [0.1, 0.15) is 17.4 Å². The molecule has 0 unspecified atom stereocenters. The molecule has 2 aromatic carbocycles. The van der Waals surface area contributed by atoms with E-state index in [0.717, 1.165) is 22.5 Å². The Morgan fingerprint density at radius 2 is 1.88 bits per heavy atom. The van der Waals surface area contributed by atoms with Crippen molar-refractivity contribution in [1.29, 1.82) is 0 Å². The molecule has 0 atom stereocenters. The van der Waals surface area contributed by atoms with Crippen LogP contribution in [0, 0.1) is 13.8 Å². The fourth-order valence-electron chi connectivity index (χ4n) is 2.46. The van der Waals surface area contributed by atoms with E-state index in [1.807, 2.05) is 49.4 Å². The number of hydrogen-bond acceptors (Lipinski definition) is 5. The Morgan fingerprint density at radius 1 is 1.12 bits per heavy atom. The molecule has 4 nitrogen and oxygen atoms in total. The summed E-state index contributed by atoms with van der Waals surface area (Å²) in [5.74, 6) is 0.649. The van der Waals surface area contributed by atoms with Gasteiger partial charge in [0.15, 0.2) is 4.21 Å². The Kier molecular flexibility index (Phi) is 5.13. The maximum absolute atomic E-state index is 11.6. The third-order valence-corrected chi connectivity index (χ3v) is 6.94. The Balaban J connectivity index is 1.91. The van der Waals surface area contributed by atoms with Crippen LogP contribution < -0.4 is 4.74 Å². The van der Waals surface area contributed by atoms with Crippen LogP contribution in [0.1, 0.15) is 16.8 Å². The summed E-state index contributed by atoms with van der Waals surface area (Å²) < 4.78 is 29.3. The van der Waals surface area contributed by atoms with Crippen molar-refractivity contribution in [3.8, 4) is 16.3 Å². The Labute approximate surface area is 155 Å². The van der Waals surface area contributed by atoms with Crippen LogP contribution in [0.25, 0.3) is 10.6 Å². The molecular weight excluding hydrogens is 378 g/mol. The van der Waals surface area contributed by atoms with Gasteiger partial charge in [0, 0.05) is 10.7 Å². The number of ether oxygens (including phenoxy) is 1. The first-order valence-electron chi connectivity index (χ1n) is 7.54. The van der Waals surface area contributed by atoms with E-state index >= 15 is 0 Å². The molecule has 3 aromatic rings. The minimum atomic E-state index is -3.81. The molecule has 0 bridgehead atoms. The first-order chi connectivity index (χ1) is 11.8. The van der Waals surface area contributed by atoms with Crippen LogP contribution in [0.5, 0.6) is 5.75 Å². The molecule has 3 rings (SSSR count). The van der Waals surface area contributed by atoms with Crippen molar-refractivity contribution in [3.05, 3.63) is 65.4 Å². The quantitative estimate of drug-likeness (QED) is 0.576. The molecule has 0 N–H and O–H groups in total. The van der Waals surface area contributed by atoms with Gasteiger partial charge in [-0.2, -0.15) is 0 Å². The zero-order chi connectivity index (χ0) is 18.0. The zero-order valence-electron chi connectivity index (χ0n) is 13.7. The number of aryl methyl sites for hydroxylation is 2. The number of nitrogens with zero attached hydrogens (tertiary/aromatic N) is 1. The number of aromatic nitrogens is 1. The normalized spacial score (nSPS) is 11.5. The minimum absolute atomic E-state index is 0.0673. The lowest BCUT2D eigenvalue weighted by molar-refractivity contribution is 0.307.